The van der Waals surface area contributed by atoms with Gasteiger partial charge in [-0.05, 0) is 119 Å². The van der Waals surface area contributed by atoms with Gasteiger partial charge in [0.25, 0.3) is 0 Å². The van der Waals surface area contributed by atoms with Crippen LogP contribution in [0.3, 0.4) is 0 Å². The molecule has 4 aliphatic rings. The van der Waals surface area contributed by atoms with E-state index in [9.17, 15) is 0 Å². The summed E-state index contributed by atoms with van der Waals surface area (Å²) in [5.74, 6) is 1.13. The number of benzene rings is 4. The van der Waals surface area contributed by atoms with Gasteiger partial charge in [0.1, 0.15) is 0 Å². The fourth-order valence-electron chi connectivity index (χ4n) is 13.5. The van der Waals surface area contributed by atoms with Crippen LogP contribution in [0.25, 0.3) is 24.3 Å². The monoisotopic (exact) mass is 1300 g/mol. The SMILES string of the molecule is CSc1ccc(C2C=CC=Cc3c2cc(C)[c-]3[SiH](C)[c-]2c(C)cc3c2C=CC=CC3c2ccc(SC)cc2)cc1.CSc1ccc(C2C=CC=Cc3c2cc(C)[c-]3[SiH](C)[c-]2c(C)cc3c2C=CC=CC3c2ccc(SC)cc2)cc1.[Cl][Zr][Cl]. The van der Waals surface area contributed by atoms with Crippen LogP contribution in [-0.2, 0) is 20.8 Å². The normalized spacial score (nSPS) is 17.8. The van der Waals surface area contributed by atoms with Gasteiger partial charge in [0.15, 0.2) is 0 Å². The summed E-state index contributed by atoms with van der Waals surface area (Å²) in [6, 6.07) is 46.4. The maximum atomic E-state index is 4.93. The summed E-state index contributed by atoms with van der Waals surface area (Å²) in [7, 11) is 6.86. The van der Waals surface area contributed by atoms with E-state index >= 15 is 0 Å². The average Bonchev–Trinajstić information content (AvgIpc) is 3.95. The van der Waals surface area contributed by atoms with E-state index in [0.717, 1.165) is 0 Å². The van der Waals surface area contributed by atoms with Crippen LogP contribution in [0, 0.1) is 27.7 Å². The zero-order chi connectivity index (χ0) is 58.3. The third-order valence-electron chi connectivity index (χ3n) is 17.3. The number of thioether (sulfide) groups is 4. The molecule has 0 aromatic heterocycles. The molecule has 0 aliphatic heterocycles. The quantitative estimate of drug-likeness (QED) is 0.0679. The summed E-state index contributed by atoms with van der Waals surface area (Å²) in [4.78, 5) is 5.25. The van der Waals surface area contributed by atoms with Crippen LogP contribution in [0.15, 0.2) is 214 Å². The Balaban J connectivity index is 0.000000177. The maximum absolute atomic E-state index is 4.93. The molecule has 0 spiro atoms. The molecule has 0 saturated heterocycles. The van der Waals surface area contributed by atoms with Crippen LogP contribution in [-0.4, -0.2) is 42.6 Å². The Hall–Kier alpha value is -4.50. The van der Waals surface area contributed by atoms with E-state index in [2.05, 4.69) is 284 Å². The Kier molecular flexibility index (Phi) is 21.0. The fraction of sp³-hybridized carbons (Fsp3) is 0.189. The van der Waals surface area contributed by atoms with E-state index in [1.165, 1.54) is 109 Å². The molecule has 0 amide bonds. The number of fused-ring (bicyclic) bond motifs is 4. The number of hydrogen-bond donors (Lipinski definition) is 0. The Morgan fingerprint density at radius 3 is 0.711 bits per heavy atom. The summed E-state index contributed by atoms with van der Waals surface area (Å²) < 4.78 is 0. The Bertz CT molecular complexity index is 3320. The second kappa shape index (κ2) is 28.3. The van der Waals surface area contributed by atoms with Crippen LogP contribution < -0.4 is 20.7 Å². The standard InChI is InChI=1S/2C37H36S2Si.2ClH.Zr/c2*1-24-22-34-30(26-14-18-28(38-3)19-15-26)10-6-8-12-32(34)36(24)40(5)37-25(2)23-35-31(11-7-9-13-33(35)37)27-16-20-29(39-4)21-17-27;;;/h2*6-23,30-31,40H,1-5H3;2*1H;/q2*-2;;;+2/p-2. The number of hydrogen-bond acceptors (Lipinski definition) is 4. The first kappa shape index (κ1) is 61.6. The average molecular weight is 1310 g/mol. The van der Waals surface area contributed by atoms with Crippen LogP contribution in [0.1, 0.15) is 113 Å². The molecule has 8 aromatic carbocycles. The van der Waals surface area contributed by atoms with Crippen molar-refractivity contribution >= 4 is 127 Å². The molecule has 0 bridgehead atoms. The summed E-state index contributed by atoms with van der Waals surface area (Å²) in [5.41, 5.74) is 22.9. The molecule has 0 heterocycles. The summed E-state index contributed by atoms with van der Waals surface area (Å²) in [6.45, 7) is 14.4. The van der Waals surface area contributed by atoms with E-state index in [4.69, 9.17) is 17.0 Å². The van der Waals surface area contributed by atoms with Crippen LogP contribution in [0.2, 0.25) is 13.1 Å². The van der Waals surface area contributed by atoms with Crippen molar-refractivity contribution in [2.75, 3.05) is 25.0 Å². The first-order valence-electron chi connectivity index (χ1n) is 28.5. The van der Waals surface area contributed by atoms with E-state index in [0.29, 0.717) is 0 Å². The fourth-order valence-corrected chi connectivity index (χ4v) is 21.7. The zero-order valence-electron chi connectivity index (χ0n) is 49.1. The molecule has 0 saturated carbocycles. The van der Waals surface area contributed by atoms with E-state index in [1.807, 2.05) is 0 Å². The molecular formula is C74H72Cl2S4Si2Zr-4. The Morgan fingerprint density at radius 2 is 0.530 bits per heavy atom. The molecule has 83 heavy (non-hydrogen) atoms. The summed E-state index contributed by atoms with van der Waals surface area (Å²) in [6.07, 6.45) is 45.5. The third-order valence-corrected chi connectivity index (χ3v) is 26.8. The molecule has 4 atom stereocenters. The van der Waals surface area contributed by atoms with E-state index in [1.54, 1.807) is 67.8 Å². The minimum absolute atomic E-state index is 0.283. The molecule has 4 aliphatic carbocycles. The van der Waals surface area contributed by atoms with Gasteiger partial charge in [0, 0.05) is 37.2 Å². The number of rotatable bonds is 12. The van der Waals surface area contributed by atoms with Gasteiger partial charge < -0.3 is 0 Å². The van der Waals surface area contributed by atoms with Crippen LogP contribution >= 0.6 is 64.1 Å². The predicted octanol–water partition coefficient (Wildman–Crippen LogP) is 18.5. The van der Waals surface area contributed by atoms with Crippen molar-refractivity contribution in [3.05, 3.63) is 283 Å². The van der Waals surface area contributed by atoms with E-state index < -0.39 is 38.4 Å². The molecular weight excluding hydrogens is 1240 g/mol. The van der Waals surface area contributed by atoms with Gasteiger partial charge in [-0.3, -0.25) is 0 Å². The van der Waals surface area contributed by atoms with Gasteiger partial charge in [0.05, 0.1) is 0 Å². The topological polar surface area (TPSA) is 0 Å². The molecule has 0 N–H and O–H groups in total. The summed E-state index contributed by atoms with van der Waals surface area (Å²) >= 11 is 6.38. The van der Waals surface area contributed by atoms with Gasteiger partial charge in [-0.25, -0.2) is 0 Å². The molecule has 4 unspecified atom stereocenters. The predicted molar refractivity (Wildman–Crippen MR) is 376 cm³/mol. The second-order valence-electron chi connectivity index (χ2n) is 21.9. The van der Waals surface area contributed by atoms with Gasteiger partial charge in [-0.2, -0.15) is 68.8 Å². The van der Waals surface area contributed by atoms with Crippen LogP contribution in [0.5, 0.6) is 0 Å². The van der Waals surface area contributed by atoms with Crippen molar-refractivity contribution in [2.24, 2.45) is 0 Å². The molecule has 0 radical (unpaired) electrons. The molecule has 422 valence electrons. The van der Waals surface area contributed by atoms with E-state index in [-0.39, 0.29) is 23.7 Å². The van der Waals surface area contributed by atoms with Gasteiger partial charge in [-0.15, -0.1) is 139 Å². The van der Waals surface area contributed by atoms with Crippen molar-refractivity contribution in [2.45, 2.75) is 84.0 Å². The Morgan fingerprint density at radius 1 is 0.337 bits per heavy atom. The first-order valence-corrected chi connectivity index (χ1v) is 44.4. The van der Waals surface area contributed by atoms with Crippen molar-refractivity contribution in [3.63, 3.8) is 0 Å². The molecule has 8 aromatic rings. The third kappa shape index (κ3) is 13.1. The van der Waals surface area contributed by atoms with Gasteiger partial charge >= 0.3 is 37.9 Å². The van der Waals surface area contributed by atoms with Crippen molar-refractivity contribution in [1.29, 1.82) is 0 Å². The first-order chi connectivity index (χ1) is 40.4. The van der Waals surface area contributed by atoms with Crippen molar-refractivity contribution < 1.29 is 20.8 Å². The molecule has 12 rings (SSSR count). The van der Waals surface area contributed by atoms with Crippen LogP contribution in [0.4, 0.5) is 0 Å². The van der Waals surface area contributed by atoms with Gasteiger partial charge in [0.2, 0.25) is 0 Å². The Labute approximate surface area is 534 Å². The second-order valence-corrected chi connectivity index (χ2v) is 34.4. The molecule has 0 fully saturated rings. The summed E-state index contributed by atoms with van der Waals surface area (Å²) in [5, 5.41) is 6.40. The zero-order valence-corrected chi connectivity index (χ0v) is 58.7. The number of halogens is 2. The van der Waals surface area contributed by atoms with Gasteiger partial charge in [-0.1, -0.05) is 138 Å². The molecule has 0 nitrogen and oxygen atoms in total. The minimum atomic E-state index is -1.50. The number of aryl methyl sites for hydroxylation is 4. The van der Waals surface area contributed by atoms with Crippen molar-refractivity contribution in [1.82, 2.24) is 0 Å². The van der Waals surface area contributed by atoms with Crippen molar-refractivity contribution in [3.8, 4) is 0 Å². The molecule has 9 heteroatoms. The number of allylic oxidation sites excluding steroid dienone is 12.